The average molecular weight is 437 g/mol. The Balaban J connectivity index is 0.000000300. The molecular formula is C24H24FN3O4. The number of carbonyl (C=O) groups excluding carboxylic acids is 4. The van der Waals surface area contributed by atoms with Gasteiger partial charge in [0.15, 0.2) is 0 Å². The van der Waals surface area contributed by atoms with Crippen LogP contribution in [0.15, 0.2) is 48.5 Å². The van der Waals surface area contributed by atoms with Gasteiger partial charge in [0.1, 0.15) is 11.9 Å². The highest BCUT2D eigenvalue weighted by Gasteiger charge is 2.39. The number of nitrogens with one attached hydrogen (secondary N) is 1. The second kappa shape index (κ2) is 9.30. The summed E-state index contributed by atoms with van der Waals surface area (Å²) in [5, 5.41) is 2.29. The van der Waals surface area contributed by atoms with Crippen molar-refractivity contribution in [1.82, 2.24) is 15.1 Å². The van der Waals surface area contributed by atoms with Crippen LogP contribution in [0.1, 0.15) is 52.0 Å². The summed E-state index contributed by atoms with van der Waals surface area (Å²) in [5.74, 6) is -1.13. The van der Waals surface area contributed by atoms with E-state index in [0.717, 1.165) is 31.5 Å². The van der Waals surface area contributed by atoms with Gasteiger partial charge in [-0.2, -0.15) is 0 Å². The Morgan fingerprint density at radius 2 is 1.72 bits per heavy atom. The number of halogens is 1. The molecular weight excluding hydrogens is 413 g/mol. The summed E-state index contributed by atoms with van der Waals surface area (Å²) in [6.45, 7) is 1.84. The lowest BCUT2D eigenvalue weighted by Gasteiger charge is -2.29. The highest BCUT2D eigenvalue weighted by atomic mass is 19.1. The van der Waals surface area contributed by atoms with Gasteiger partial charge in [0.25, 0.3) is 11.8 Å². The van der Waals surface area contributed by atoms with Gasteiger partial charge < -0.3 is 9.80 Å². The second-order valence-corrected chi connectivity index (χ2v) is 8.07. The van der Waals surface area contributed by atoms with Gasteiger partial charge in [-0.25, -0.2) is 4.39 Å². The molecule has 3 heterocycles. The summed E-state index contributed by atoms with van der Waals surface area (Å²) in [5.41, 5.74) is 1.88. The van der Waals surface area contributed by atoms with Crippen molar-refractivity contribution < 1.29 is 23.6 Å². The number of hydrogen-bond donors (Lipinski definition) is 1. The normalized spacial score (nSPS) is 19.9. The van der Waals surface area contributed by atoms with E-state index in [-0.39, 0.29) is 30.0 Å². The van der Waals surface area contributed by atoms with Crippen molar-refractivity contribution in [2.45, 2.75) is 38.3 Å². The quantitative estimate of drug-likeness (QED) is 0.732. The Kier molecular flexibility index (Phi) is 6.30. The summed E-state index contributed by atoms with van der Waals surface area (Å²) < 4.78 is 11.9. The maximum absolute atomic E-state index is 12.6. The molecule has 3 aliphatic rings. The molecule has 0 aromatic heterocycles. The zero-order chi connectivity index (χ0) is 22.7. The summed E-state index contributed by atoms with van der Waals surface area (Å²) in [6.07, 6.45) is 2.62. The molecule has 2 fully saturated rings. The topological polar surface area (TPSA) is 86.8 Å². The van der Waals surface area contributed by atoms with Crippen molar-refractivity contribution in [1.29, 1.82) is 0 Å². The standard InChI is InChI=1S/C18H19N3O4.C6H5F/c22-15-6-5-14(16(23)19-15)21-10-12-9-11(3-4-13(12)18(21)25)17(24)20-7-1-2-8-20;7-6-4-2-1-3-5-6/h3-4,9,14H,1-2,5-8,10H2,(H,19,22,23);1-5H. The number of likely N-dealkylation sites (tertiary alicyclic amines) is 1. The minimum absolute atomic E-state index is 0.00722. The van der Waals surface area contributed by atoms with Crippen LogP contribution in [0.2, 0.25) is 0 Å². The van der Waals surface area contributed by atoms with E-state index in [1.54, 1.807) is 36.4 Å². The molecule has 0 radical (unpaired) electrons. The third-order valence-electron chi connectivity index (χ3n) is 5.90. The van der Waals surface area contributed by atoms with Crippen LogP contribution in [0.25, 0.3) is 0 Å². The van der Waals surface area contributed by atoms with Crippen LogP contribution in [-0.4, -0.2) is 52.6 Å². The number of nitrogens with zero attached hydrogens (tertiary/aromatic N) is 2. The van der Waals surface area contributed by atoms with Gasteiger partial charge in [-0.3, -0.25) is 24.5 Å². The second-order valence-electron chi connectivity index (χ2n) is 8.07. The molecule has 1 atom stereocenters. The third-order valence-corrected chi connectivity index (χ3v) is 5.90. The van der Waals surface area contributed by atoms with Crippen LogP contribution < -0.4 is 5.32 Å². The van der Waals surface area contributed by atoms with Crippen molar-refractivity contribution in [3.05, 3.63) is 71.0 Å². The first-order valence-corrected chi connectivity index (χ1v) is 10.7. The smallest absolute Gasteiger partial charge is 0.255 e. The van der Waals surface area contributed by atoms with E-state index >= 15 is 0 Å². The van der Waals surface area contributed by atoms with Crippen molar-refractivity contribution >= 4 is 23.6 Å². The summed E-state index contributed by atoms with van der Waals surface area (Å²) in [6, 6.07) is 12.4. The van der Waals surface area contributed by atoms with Crippen molar-refractivity contribution in [2.75, 3.05) is 13.1 Å². The molecule has 0 aliphatic carbocycles. The number of fused-ring (bicyclic) bond motifs is 1. The van der Waals surface area contributed by atoms with Crippen molar-refractivity contribution in [3.8, 4) is 0 Å². The average Bonchev–Trinajstić information content (AvgIpc) is 3.43. The first-order valence-electron chi connectivity index (χ1n) is 10.7. The Morgan fingerprint density at radius 1 is 1.00 bits per heavy atom. The first-order chi connectivity index (χ1) is 15.4. The van der Waals surface area contributed by atoms with Gasteiger partial charge in [0.2, 0.25) is 11.8 Å². The molecule has 5 rings (SSSR count). The molecule has 7 nitrogen and oxygen atoms in total. The number of amides is 4. The van der Waals surface area contributed by atoms with E-state index in [0.29, 0.717) is 24.1 Å². The molecule has 0 saturated carbocycles. The lowest BCUT2D eigenvalue weighted by molar-refractivity contribution is -0.136. The maximum Gasteiger partial charge on any atom is 0.255 e. The zero-order valence-corrected chi connectivity index (χ0v) is 17.6. The largest absolute Gasteiger partial charge is 0.339 e. The van der Waals surface area contributed by atoms with Crippen LogP contribution in [0, 0.1) is 5.82 Å². The lowest BCUT2D eigenvalue weighted by Crippen LogP contribution is -2.52. The van der Waals surface area contributed by atoms with Gasteiger partial charge in [-0.15, -0.1) is 0 Å². The molecule has 2 aromatic carbocycles. The predicted octanol–water partition coefficient (Wildman–Crippen LogP) is 2.51. The molecule has 0 spiro atoms. The molecule has 32 heavy (non-hydrogen) atoms. The van der Waals surface area contributed by atoms with Gasteiger partial charge >= 0.3 is 0 Å². The molecule has 3 aliphatic heterocycles. The monoisotopic (exact) mass is 437 g/mol. The number of imide groups is 1. The Bertz CT molecular complexity index is 1050. The van der Waals surface area contributed by atoms with Gasteiger partial charge in [-0.05, 0) is 55.2 Å². The number of piperidine rings is 1. The van der Waals surface area contributed by atoms with Crippen LogP contribution in [0.4, 0.5) is 4.39 Å². The van der Waals surface area contributed by atoms with Crippen LogP contribution in [-0.2, 0) is 16.1 Å². The van der Waals surface area contributed by atoms with Crippen LogP contribution >= 0.6 is 0 Å². The maximum atomic E-state index is 12.6. The number of hydrogen-bond acceptors (Lipinski definition) is 4. The number of carbonyl (C=O) groups is 4. The molecule has 4 amide bonds. The summed E-state index contributed by atoms with van der Waals surface area (Å²) in [4.78, 5) is 51.8. The van der Waals surface area contributed by atoms with Gasteiger partial charge in [0, 0.05) is 37.2 Å². The van der Waals surface area contributed by atoms with Crippen LogP contribution in [0.3, 0.4) is 0 Å². The number of benzene rings is 2. The van der Waals surface area contributed by atoms with Crippen molar-refractivity contribution in [3.63, 3.8) is 0 Å². The van der Waals surface area contributed by atoms with Crippen molar-refractivity contribution in [2.24, 2.45) is 0 Å². The Hall–Kier alpha value is -3.55. The predicted molar refractivity (Wildman–Crippen MR) is 114 cm³/mol. The van der Waals surface area contributed by atoms with Gasteiger partial charge in [-0.1, -0.05) is 18.2 Å². The molecule has 1 unspecified atom stereocenters. The lowest BCUT2D eigenvalue weighted by atomic mass is 10.0. The fourth-order valence-corrected chi connectivity index (χ4v) is 4.22. The molecule has 8 heteroatoms. The Labute approximate surface area is 185 Å². The molecule has 0 bridgehead atoms. The summed E-state index contributed by atoms with van der Waals surface area (Å²) >= 11 is 0. The molecule has 166 valence electrons. The zero-order valence-electron chi connectivity index (χ0n) is 17.6. The van der Waals surface area contributed by atoms with E-state index in [9.17, 15) is 23.6 Å². The highest BCUT2D eigenvalue weighted by Crippen LogP contribution is 2.28. The van der Waals surface area contributed by atoms with E-state index in [4.69, 9.17) is 0 Å². The van der Waals surface area contributed by atoms with E-state index in [1.807, 2.05) is 4.90 Å². The Morgan fingerprint density at radius 3 is 2.34 bits per heavy atom. The fourth-order valence-electron chi connectivity index (χ4n) is 4.22. The fraction of sp³-hybridized carbons (Fsp3) is 0.333. The van der Waals surface area contributed by atoms with E-state index in [1.165, 1.54) is 17.0 Å². The highest BCUT2D eigenvalue weighted by molar-refractivity contribution is 6.06. The molecule has 2 aromatic rings. The minimum atomic E-state index is -0.629. The summed E-state index contributed by atoms with van der Waals surface area (Å²) in [7, 11) is 0. The minimum Gasteiger partial charge on any atom is -0.339 e. The van der Waals surface area contributed by atoms with E-state index < -0.39 is 11.9 Å². The van der Waals surface area contributed by atoms with E-state index in [2.05, 4.69) is 5.32 Å². The number of rotatable bonds is 2. The third kappa shape index (κ3) is 4.54. The molecule has 1 N–H and O–H groups in total. The molecule has 2 saturated heterocycles. The SMILES string of the molecule is Fc1ccccc1.O=C1CCC(N2Cc3cc(C(=O)N4CCCC4)ccc3C2=O)C(=O)N1. The van der Waals surface area contributed by atoms with Gasteiger partial charge in [0.05, 0.1) is 0 Å². The van der Waals surface area contributed by atoms with Crippen LogP contribution in [0.5, 0.6) is 0 Å². The first kappa shape index (κ1) is 21.7.